The highest BCUT2D eigenvalue weighted by Gasteiger charge is 2.47. The Bertz CT molecular complexity index is 2660. The summed E-state index contributed by atoms with van der Waals surface area (Å²) in [5.41, 5.74) is 12.4. The predicted octanol–water partition coefficient (Wildman–Crippen LogP) is 12.8. The number of fused-ring (bicyclic) bond motifs is 7. The van der Waals surface area contributed by atoms with Crippen LogP contribution in [0.5, 0.6) is 0 Å². The van der Waals surface area contributed by atoms with Gasteiger partial charge in [0.2, 0.25) is 0 Å². The first kappa shape index (κ1) is 27.8. The summed E-state index contributed by atoms with van der Waals surface area (Å²) in [6.45, 7) is 0. The van der Waals surface area contributed by atoms with E-state index in [2.05, 4.69) is 194 Å². The highest BCUT2D eigenvalue weighted by atomic mass is 14.5. The molecular formula is C49H32. The monoisotopic (exact) mass is 620 g/mol. The Morgan fingerprint density at radius 2 is 0.714 bits per heavy atom. The van der Waals surface area contributed by atoms with Gasteiger partial charge in [-0.05, 0) is 112 Å². The molecular weight excluding hydrogens is 589 g/mol. The fourth-order valence-corrected chi connectivity index (χ4v) is 8.42. The van der Waals surface area contributed by atoms with E-state index in [4.69, 9.17) is 0 Å². The van der Waals surface area contributed by atoms with Crippen molar-refractivity contribution >= 4 is 32.3 Å². The summed E-state index contributed by atoms with van der Waals surface area (Å²) < 4.78 is 0. The van der Waals surface area contributed by atoms with Gasteiger partial charge in [-0.25, -0.2) is 0 Å². The van der Waals surface area contributed by atoms with Crippen molar-refractivity contribution in [3.05, 3.63) is 216 Å². The lowest BCUT2D eigenvalue weighted by molar-refractivity contribution is 0.776. The Hall–Kier alpha value is -6.24. The van der Waals surface area contributed by atoms with Crippen LogP contribution in [0.2, 0.25) is 0 Å². The van der Waals surface area contributed by atoms with Gasteiger partial charge in [0.05, 0.1) is 5.41 Å². The van der Waals surface area contributed by atoms with Crippen molar-refractivity contribution in [3.63, 3.8) is 0 Å². The van der Waals surface area contributed by atoms with E-state index >= 15 is 0 Å². The van der Waals surface area contributed by atoms with E-state index < -0.39 is 5.41 Å². The van der Waals surface area contributed by atoms with E-state index in [0.29, 0.717) is 0 Å². The fourth-order valence-electron chi connectivity index (χ4n) is 8.42. The van der Waals surface area contributed by atoms with Gasteiger partial charge < -0.3 is 0 Å². The number of benzene rings is 9. The smallest absolute Gasteiger partial charge is 0.0622 e. The lowest BCUT2D eigenvalue weighted by atomic mass is 9.66. The summed E-state index contributed by atoms with van der Waals surface area (Å²) >= 11 is 0. The second kappa shape index (κ2) is 10.9. The van der Waals surface area contributed by atoms with E-state index in [1.165, 1.54) is 88.0 Å². The Balaban J connectivity index is 1.16. The van der Waals surface area contributed by atoms with Crippen LogP contribution in [-0.2, 0) is 5.41 Å². The van der Waals surface area contributed by atoms with Crippen LogP contribution >= 0.6 is 0 Å². The first-order chi connectivity index (χ1) is 24.3. The molecule has 0 amide bonds. The lowest BCUT2D eigenvalue weighted by Gasteiger charge is -2.35. The largest absolute Gasteiger partial charge is 0.0719 e. The number of hydrogen-bond donors (Lipinski definition) is 0. The first-order valence-electron chi connectivity index (χ1n) is 17.1. The topological polar surface area (TPSA) is 0 Å². The summed E-state index contributed by atoms with van der Waals surface area (Å²) in [5.74, 6) is 0. The molecule has 1 aliphatic carbocycles. The van der Waals surface area contributed by atoms with Crippen molar-refractivity contribution in [3.8, 4) is 33.4 Å². The molecule has 9 aromatic rings. The molecule has 228 valence electrons. The molecule has 0 heteroatoms. The van der Waals surface area contributed by atoms with Gasteiger partial charge in [0.25, 0.3) is 0 Å². The molecule has 0 saturated carbocycles. The van der Waals surface area contributed by atoms with Gasteiger partial charge in [-0.2, -0.15) is 0 Å². The molecule has 0 bridgehead atoms. The van der Waals surface area contributed by atoms with Crippen molar-refractivity contribution in [1.82, 2.24) is 0 Å². The minimum Gasteiger partial charge on any atom is -0.0622 e. The molecule has 1 aliphatic rings. The molecule has 0 atom stereocenters. The summed E-state index contributed by atoms with van der Waals surface area (Å²) in [6.07, 6.45) is 0. The molecule has 0 aliphatic heterocycles. The van der Waals surface area contributed by atoms with Crippen LogP contribution in [-0.4, -0.2) is 0 Å². The third-order valence-electron chi connectivity index (χ3n) is 10.7. The molecule has 49 heavy (non-hydrogen) atoms. The number of hydrogen-bond acceptors (Lipinski definition) is 0. The van der Waals surface area contributed by atoms with E-state index in [1.807, 2.05) is 0 Å². The summed E-state index contributed by atoms with van der Waals surface area (Å²) in [4.78, 5) is 0. The Morgan fingerprint density at radius 3 is 1.35 bits per heavy atom. The minimum atomic E-state index is -0.463. The standard InChI is InChI=1S/C49H32/c1-3-14-42(15-4-1)49(43-16-5-2-6-17-43)47-32-41(26-27-45(47)46-28-25-34-12-9-10-18-44(34)48(46)49)40-24-23-38-30-37(21-22-39(38)31-40)36-20-19-33-11-7-8-13-35(33)29-36/h1-32H. The third kappa shape index (κ3) is 4.24. The van der Waals surface area contributed by atoms with Gasteiger partial charge >= 0.3 is 0 Å². The molecule has 0 radical (unpaired) electrons. The van der Waals surface area contributed by atoms with Crippen LogP contribution in [0.3, 0.4) is 0 Å². The van der Waals surface area contributed by atoms with Gasteiger partial charge in [0.15, 0.2) is 0 Å². The van der Waals surface area contributed by atoms with Gasteiger partial charge in [-0.1, -0.05) is 170 Å². The zero-order valence-electron chi connectivity index (χ0n) is 27.0. The first-order valence-corrected chi connectivity index (χ1v) is 17.1. The predicted molar refractivity (Wildman–Crippen MR) is 207 cm³/mol. The lowest BCUT2D eigenvalue weighted by Crippen LogP contribution is -2.28. The molecule has 0 nitrogen and oxygen atoms in total. The second-order valence-electron chi connectivity index (χ2n) is 13.3. The van der Waals surface area contributed by atoms with Crippen LogP contribution in [0.25, 0.3) is 65.7 Å². The van der Waals surface area contributed by atoms with Crippen LogP contribution < -0.4 is 0 Å². The van der Waals surface area contributed by atoms with Crippen molar-refractivity contribution in [1.29, 1.82) is 0 Å². The van der Waals surface area contributed by atoms with Crippen molar-refractivity contribution in [2.24, 2.45) is 0 Å². The van der Waals surface area contributed by atoms with Crippen LogP contribution in [0, 0.1) is 0 Å². The maximum absolute atomic E-state index is 2.47. The quantitative estimate of drug-likeness (QED) is 0.184. The molecule has 0 fully saturated rings. The summed E-state index contributed by atoms with van der Waals surface area (Å²) in [6, 6.07) is 71.9. The van der Waals surface area contributed by atoms with Crippen LogP contribution in [0.1, 0.15) is 22.3 Å². The van der Waals surface area contributed by atoms with E-state index in [1.54, 1.807) is 0 Å². The maximum atomic E-state index is 2.47. The summed E-state index contributed by atoms with van der Waals surface area (Å²) in [7, 11) is 0. The van der Waals surface area contributed by atoms with E-state index in [0.717, 1.165) is 0 Å². The average Bonchev–Trinajstić information content (AvgIpc) is 3.49. The molecule has 10 rings (SSSR count). The molecule has 0 spiro atoms. The Morgan fingerprint density at radius 1 is 0.286 bits per heavy atom. The van der Waals surface area contributed by atoms with Crippen LogP contribution in [0.15, 0.2) is 194 Å². The highest BCUT2D eigenvalue weighted by molar-refractivity contribution is 6.01. The molecule has 9 aromatic carbocycles. The van der Waals surface area contributed by atoms with Crippen molar-refractivity contribution < 1.29 is 0 Å². The minimum absolute atomic E-state index is 0.463. The molecule has 0 aromatic heterocycles. The SMILES string of the molecule is c1ccc(C2(c3ccccc3)c3cc(-c4ccc5cc(-c6ccc7ccccc7c6)ccc5c4)ccc3-c3ccc4ccccc4c32)cc1. The van der Waals surface area contributed by atoms with Gasteiger partial charge in [-0.15, -0.1) is 0 Å². The Kier molecular flexibility index (Phi) is 6.19. The Labute approximate surface area is 286 Å². The zero-order valence-corrected chi connectivity index (χ0v) is 27.0. The number of rotatable bonds is 4. The fraction of sp³-hybridized carbons (Fsp3) is 0.0204. The van der Waals surface area contributed by atoms with Crippen LogP contribution in [0.4, 0.5) is 0 Å². The third-order valence-corrected chi connectivity index (χ3v) is 10.7. The van der Waals surface area contributed by atoms with Gasteiger partial charge in [-0.3, -0.25) is 0 Å². The van der Waals surface area contributed by atoms with Gasteiger partial charge in [0, 0.05) is 0 Å². The average molecular weight is 621 g/mol. The summed E-state index contributed by atoms with van der Waals surface area (Å²) in [5, 5.41) is 7.60. The molecule has 0 N–H and O–H groups in total. The molecule has 0 unspecified atom stereocenters. The highest BCUT2D eigenvalue weighted by Crippen LogP contribution is 2.58. The second-order valence-corrected chi connectivity index (χ2v) is 13.3. The van der Waals surface area contributed by atoms with Gasteiger partial charge in [0.1, 0.15) is 0 Å². The van der Waals surface area contributed by atoms with E-state index in [9.17, 15) is 0 Å². The zero-order chi connectivity index (χ0) is 32.4. The molecule has 0 heterocycles. The maximum Gasteiger partial charge on any atom is 0.0719 e. The van der Waals surface area contributed by atoms with Crippen molar-refractivity contribution in [2.45, 2.75) is 5.41 Å². The molecule has 0 saturated heterocycles. The van der Waals surface area contributed by atoms with Crippen molar-refractivity contribution in [2.75, 3.05) is 0 Å². The van der Waals surface area contributed by atoms with E-state index in [-0.39, 0.29) is 0 Å². The normalized spacial score (nSPS) is 13.1.